The number of aliphatic hydroxyl groups is 1. The van der Waals surface area contributed by atoms with Crippen LogP contribution in [0.2, 0.25) is 0 Å². The van der Waals surface area contributed by atoms with Crippen LogP contribution in [0, 0.1) is 0 Å². The van der Waals surface area contributed by atoms with Gasteiger partial charge < -0.3 is 34.0 Å². The van der Waals surface area contributed by atoms with Crippen molar-refractivity contribution in [2.75, 3.05) is 26.4 Å². The molecular weight excluding hydrogens is 814 g/mol. The van der Waals surface area contributed by atoms with E-state index in [9.17, 15) is 28.7 Å². The van der Waals surface area contributed by atoms with Crippen molar-refractivity contribution in [2.45, 2.75) is 192 Å². The summed E-state index contributed by atoms with van der Waals surface area (Å²) < 4.78 is 53.5. The molecule has 0 aliphatic carbocycles. The van der Waals surface area contributed by atoms with E-state index in [-0.39, 0.29) is 12.8 Å². The predicted octanol–water partition coefficient (Wildman–Crippen LogP) is 10.4. The summed E-state index contributed by atoms with van der Waals surface area (Å²) in [6.07, 6.45) is 38.5. The van der Waals surface area contributed by atoms with Crippen molar-refractivity contribution in [1.82, 2.24) is 0 Å². The molecule has 1 rings (SSSR count). The van der Waals surface area contributed by atoms with E-state index in [1.165, 1.54) is 64.2 Å². The van der Waals surface area contributed by atoms with Gasteiger partial charge >= 0.3 is 27.6 Å². The van der Waals surface area contributed by atoms with Crippen LogP contribution in [-0.2, 0) is 46.5 Å². The van der Waals surface area contributed by atoms with E-state index < -0.39 is 66.2 Å². The molecule has 0 amide bonds. The van der Waals surface area contributed by atoms with Gasteiger partial charge in [0.05, 0.1) is 32.0 Å². The first-order valence-corrected chi connectivity index (χ1v) is 25.5. The van der Waals surface area contributed by atoms with Crippen molar-refractivity contribution < 1.29 is 66.3 Å². The molecule has 4 N–H and O–H groups in total. The van der Waals surface area contributed by atoms with Crippen LogP contribution in [0.15, 0.2) is 48.6 Å². The summed E-state index contributed by atoms with van der Waals surface area (Å²) in [7, 11) is -9.69. The minimum absolute atomic E-state index is 0.111. The summed E-state index contributed by atoms with van der Waals surface area (Å²) in [5.41, 5.74) is 0. The molecule has 60 heavy (non-hydrogen) atoms. The van der Waals surface area contributed by atoms with Crippen LogP contribution in [0.3, 0.4) is 0 Å². The number of hydrogen-bond acceptors (Lipinski definition) is 11. The van der Waals surface area contributed by atoms with Crippen LogP contribution in [0.4, 0.5) is 0 Å². The summed E-state index contributed by atoms with van der Waals surface area (Å²) in [6, 6.07) is 0. The van der Waals surface area contributed by atoms with E-state index in [1.54, 1.807) is 0 Å². The second kappa shape index (κ2) is 36.5. The zero-order chi connectivity index (χ0) is 44.2. The zero-order valence-electron chi connectivity index (χ0n) is 36.5. The number of ether oxygens (including phenoxy) is 3. The van der Waals surface area contributed by atoms with Gasteiger partial charge in [-0.3, -0.25) is 23.2 Å². The van der Waals surface area contributed by atoms with E-state index in [0.717, 1.165) is 57.8 Å². The van der Waals surface area contributed by atoms with Gasteiger partial charge in [-0.1, -0.05) is 133 Å². The maximum Gasteiger partial charge on any atom is 0.472 e. The molecule has 0 spiro atoms. The Morgan fingerprint density at radius 1 is 0.583 bits per heavy atom. The van der Waals surface area contributed by atoms with Crippen molar-refractivity contribution in [3.63, 3.8) is 0 Å². The molecule has 348 valence electrons. The number of hydrogen-bond donors (Lipinski definition) is 4. The third-order valence-electron chi connectivity index (χ3n) is 9.60. The molecule has 0 aromatic heterocycles. The van der Waals surface area contributed by atoms with Crippen LogP contribution in [0.5, 0.6) is 0 Å². The number of epoxide rings is 1. The highest BCUT2D eigenvalue weighted by atomic mass is 31.2. The maximum atomic E-state index is 12.7. The normalized spacial score (nSPS) is 17.8. The van der Waals surface area contributed by atoms with Crippen LogP contribution < -0.4 is 0 Å². The van der Waals surface area contributed by atoms with E-state index >= 15 is 0 Å². The lowest BCUT2D eigenvalue weighted by Crippen LogP contribution is -2.30. The van der Waals surface area contributed by atoms with Gasteiger partial charge in [0.15, 0.2) is 6.10 Å². The monoisotopic (exact) mass is 892 g/mol. The molecule has 1 saturated heterocycles. The Morgan fingerprint density at radius 2 is 1.10 bits per heavy atom. The van der Waals surface area contributed by atoms with Crippen molar-refractivity contribution in [3.8, 4) is 0 Å². The van der Waals surface area contributed by atoms with Crippen LogP contribution in [-0.4, -0.2) is 82.6 Å². The highest BCUT2D eigenvalue weighted by molar-refractivity contribution is 7.47. The molecule has 0 aromatic carbocycles. The number of carbonyl (C=O) groups excluding carboxylic acids is 2. The van der Waals surface area contributed by atoms with Gasteiger partial charge in [-0.05, 0) is 70.6 Å². The quantitative estimate of drug-likeness (QED) is 0.0148. The minimum atomic E-state index is -4.87. The summed E-state index contributed by atoms with van der Waals surface area (Å²) >= 11 is 0. The smallest absolute Gasteiger partial charge is 0.462 e. The molecule has 0 bridgehead atoms. The molecule has 1 aliphatic rings. The van der Waals surface area contributed by atoms with E-state index in [1.807, 2.05) is 12.2 Å². The van der Waals surface area contributed by atoms with Crippen LogP contribution >= 0.6 is 15.6 Å². The van der Waals surface area contributed by atoms with Crippen LogP contribution in [0.25, 0.3) is 0 Å². The van der Waals surface area contributed by atoms with Gasteiger partial charge in [-0.15, -0.1) is 0 Å². The topological polar surface area (TPSA) is 208 Å². The average molecular weight is 893 g/mol. The lowest BCUT2D eigenvalue weighted by atomic mass is 10.1. The van der Waals surface area contributed by atoms with Crippen molar-refractivity contribution in [3.05, 3.63) is 48.6 Å². The summed E-state index contributed by atoms with van der Waals surface area (Å²) in [6.45, 7) is 1.65. The number of unbranched alkanes of at least 4 members (excludes halogenated alkanes) is 14. The first kappa shape index (κ1) is 56.1. The summed E-state index contributed by atoms with van der Waals surface area (Å²) in [5.74, 6) is -1.11. The Morgan fingerprint density at radius 3 is 1.77 bits per heavy atom. The Hall–Kier alpha value is -1.96. The summed E-state index contributed by atoms with van der Waals surface area (Å²) in [4.78, 5) is 52.7. The molecule has 1 fully saturated rings. The number of esters is 2. The SMILES string of the molecule is CCCCCC/C=C\CCCCCCCCCC(=O)O[C@H](COC(=O)CCC/C=C\C/C=C\C/C=C\CC1OC1CCCCC)COP(=O)(O)OC[C@@H](O)COP(=O)(O)O. The molecule has 0 aromatic rings. The van der Waals surface area contributed by atoms with E-state index in [0.29, 0.717) is 31.5 Å². The lowest BCUT2D eigenvalue weighted by Gasteiger charge is -2.20. The van der Waals surface area contributed by atoms with Crippen molar-refractivity contribution in [1.29, 1.82) is 0 Å². The molecule has 16 heteroatoms. The molecule has 1 heterocycles. The highest BCUT2D eigenvalue weighted by Gasteiger charge is 2.36. The maximum absolute atomic E-state index is 12.7. The first-order valence-electron chi connectivity index (χ1n) is 22.5. The number of phosphoric acid groups is 2. The van der Waals surface area contributed by atoms with Gasteiger partial charge in [0.2, 0.25) is 0 Å². The Kier molecular flexibility index (Phi) is 34.1. The Balaban J connectivity index is 2.38. The van der Waals surface area contributed by atoms with Gasteiger partial charge in [0.1, 0.15) is 12.7 Å². The van der Waals surface area contributed by atoms with Crippen LogP contribution in [0.1, 0.15) is 168 Å². The second-order valence-electron chi connectivity index (χ2n) is 15.4. The zero-order valence-corrected chi connectivity index (χ0v) is 38.3. The number of aliphatic hydroxyl groups excluding tert-OH is 1. The van der Waals surface area contributed by atoms with E-state index in [4.69, 9.17) is 28.5 Å². The number of rotatable bonds is 41. The van der Waals surface area contributed by atoms with Gasteiger partial charge in [0.25, 0.3) is 0 Å². The summed E-state index contributed by atoms with van der Waals surface area (Å²) in [5, 5.41) is 9.75. The fraction of sp³-hybridized carbons (Fsp3) is 0.773. The largest absolute Gasteiger partial charge is 0.472 e. The first-order chi connectivity index (χ1) is 28.8. The number of allylic oxidation sites excluding steroid dienone is 7. The lowest BCUT2D eigenvalue weighted by molar-refractivity contribution is -0.161. The molecular formula is C44H78O14P2. The highest BCUT2D eigenvalue weighted by Crippen LogP contribution is 2.44. The van der Waals surface area contributed by atoms with Crippen molar-refractivity contribution in [2.24, 2.45) is 0 Å². The van der Waals surface area contributed by atoms with Gasteiger partial charge in [-0.25, -0.2) is 9.13 Å². The molecule has 5 atom stereocenters. The van der Waals surface area contributed by atoms with Gasteiger partial charge in [0, 0.05) is 12.8 Å². The third kappa shape index (κ3) is 36.7. The fourth-order valence-corrected chi connectivity index (χ4v) is 7.23. The number of carbonyl (C=O) groups is 2. The molecule has 1 aliphatic heterocycles. The Labute approximate surface area is 360 Å². The van der Waals surface area contributed by atoms with Gasteiger partial charge in [-0.2, -0.15) is 0 Å². The number of phosphoric ester groups is 2. The molecule has 0 radical (unpaired) electrons. The van der Waals surface area contributed by atoms with E-state index in [2.05, 4.69) is 59.4 Å². The fourth-order valence-electron chi connectivity index (χ4n) is 6.08. The molecule has 3 unspecified atom stereocenters. The van der Waals surface area contributed by atoms with Crippen molar-refractivity contribution >= 4 is 27.6 Å². The third-order valence-corrected chi connectivity index (χ3v) is 11.0. The predicted molar refractivity (Wildman–Crippen MR) is 234 cm³/mol. The standard InChI is InChI=1S/C44H78O14P2/c1-3-5-7-8-9-10-11-12-13-14-15-20-23-26-30-34-44(47)57-40(38-56-60(51,52)55-36-39(45)35-54-59(48,49)50)37-53-43(46)33-29-25-22-19-17-16-18-21-24-28-32-42-41(58-42)31-27-6-4-2/h10-11,16,18-19,22,24,28,39-42,45H,3-9,12-15,17,20-21,23,25-27,29-38H2,1-2H3,(H,51,52)(H2,48,49,50)/b11-10-,18-16-,22-19-,28-24-/t39-,40+,41?,42?/m0/s1. The molecule has 0 saturated carbocycles. The second-order valence-corrected chi connectivity index (χ2v) is 18.0. The molecule has 14 nitrogen and oxygen atoms in total. The minimum Gasteiger partial charge on any atom is -0.462 e. The average Bonchev–Trinajstić information content (AvgIpc) is 3.96. The Bertz CT molecular complexity index is 1310.